The summed E-state index contributed by atoms with van der Waals surface area (Å²) in [6, 6.07) is 6.99. The molecule has 3 N–H and O–H groups in total. The van der Waals surface area contributed by atoms with Gasteiger partial charge in [-0.05, 0) is 51.2 Å². The van der Waals surface area contributed by atoms with Crippen molar-refractivity contribution in [1.29, 1.82) is 0 Å². The van der Waals surface area contributed by atoms with E-state index in [0.717, 1.165) is 51.1 Å². The van der Waals surface area contributed by atoms with Crippen LogP contribution in [0.15, 0.2) is 24.3 Å². The van der Waals surface area contributed by atoms with Crippen LogP contribution in [-0.4, -0.2) is 78.3 Å². The summed E-state index contributed by atoms with van der Waals surface area (Å²) in [6.07, 6.45) is 3.83. The summed E-state index contributed by atoms with van der Waals surface area (Å²) in [4.78, 5) is 17.6. The van der Waals surface area contributed by atoms with Gasteiger partial charge in [-0.15, -0.1) is 0 Å². The third-order valence-electron chi connectivity index (χ3n) is 9.76. The lowest BCUT2D eigenvalue weighted by Crippen LogP contribution is -2.99. The van der Waals surface area contributed by atoms with Gasteiger partial charge >= 0.3 is 5.97 Å². The van der Waals surface area contributed by atoms with E-state index in [1.807, 2.05) is 19.1 Å². The number of piperazine rings is 1. The number of carbonyl (C=O) groups is 1. The standard InChI is InChI=1S/C26H39N3O6/c1-24-9-4-10-25(2,34-3)26(24,31)15-20-21(23(30)35-22(20)16-24)17-27-11-13-28(14-12-27)18-5-7-19(8-6-18)29(32)33/h5-8,20-22,29,31-32H,4,9-17H2,1-3H3/t20-,21-,22+,24+,25+,26+/m0/s1. The predicted molar refractivity (Wildman–Crippen MR) is 129 cm³/mol. The fourth-order valence-electron chi connectivity index (χ4n) is 7.37. The van der Waals surface area contributed by atoms with E-state index >= 15 is 0 Å². The van der Waals surface area contributed by atoms with Gasteiger partial charge in [0.2, 0.25) is 0 Å². The maximum absolute atomic E-state index is 13.0. The van der Waals surface area contributed by atoms with Crippen molar-refractivity contribution >= 4 is 17.3 Å². The zero-order valence-electron chi connectivity index (χ0n) is 21.0. The molecule has 0 radical (unpaired) electrons. The number of aliphatic hydroxyl groups is 1. The number of esters is 1. The minimum Gasteiger partial charge on any atom is -0.595 e. The van der Waals surface area contributed by atoms with E-state index in [1.54, 1.807) is 19.2 Å². The van der Waals surface area contributed by atoms with Gasteiger partial charge in [0.1, 0.15) is 6.10 Å². The van der Waals surface area contributed by atoms with Crippen molar-refractivity contribution in [1.82, 2.24) is 4.90 Å². The van der Waals surface area contributed by atoms with Gasteiger partial charge in [-0.3, -0.25) is 9.69 Å². The van der Waals surface area contributed by atoms with E-state index in [2.05, 4.69) is 16.7 Å². The van der Waals surface area contributed by atoms with Gasteiger partial charge in [-0.25, -0.2) is 5.21 Å². The van der Waals surface area contributed by atoms with Crippen molar-refractivity contribution in [2.24, 2.45) is 17.3 Å². The van der Waals surface area contributed by atoms with Crippen LogP contribution in [0.4, 0.5) is 11.4 Å². The zero-order valence-corrected chi connectivity index (χ0v) is 21.0. The summed E-state index contributed by atoms with van der Waals surface area (Å²) in [7, 11) is 1.69. The van der Waals surface area contributed by atoms with Gasteiger partial charge in [0.15, 0.2) is 5.69 Å². The molecule has 35 heavy (non-hydrogen) atoms. The Morgan fingerprint density at radius 3 is 2.46 bits per heavy atom. The number of quaternary nitrogens is 1. The lowest BCUT2D eigenvalue weighted by molar-refractivity contribution is -0.991. The van der Waals surface area contributed by atoms with E-state index < -0.39 is 16.4 Å². The molecular formula is C26H39N3O6. The Labute approximate surface area is 207 Å². The quantitative estimate of drug-likeness (QED) is 0.422. The van der Waals surface area contributed by atoms with Gasteiger partial charge < -0.3 is 24.7 Å². The van der Waals surface area contributed by atoms with Crippen LogP contribution in [-0.2, 0) is 14.3 Å². The Bertz CT molecular complexity index is 936. The second-order valence-corrected chi connectivity index (χ2v) is 11.5. The molecule has 1 unspecified atom stereocenters. The van der Waals surface area contributed by atoms with E-state index in [4.69, 9.17) is 14.7 Å². The van der Waals surface area contributed by atoms with Crippen LogP contribution in [0, 0.1) is 22.5 Å². The van der Waals surface area contributed by atoms with Crippen LogP contribution in [0.5, 0.6) is 0 Å². The second kappa shape index (κ2) is 8.97. The lowest BCUT2D eigenvalue weighted by atomic mass is 9.49. The topological polar surface area (TPSA) is 110 Å². The first kappa shape index (κ1) is 24.9. The minimum absolute atomic E-state index is 0.00487. The molecular weight excluding hydrogens is 450 g/mol. The molecule has 194 valence electrons. The smallest absolute Gasteiger partial charge is 0.310 e. The molecule has 0 spiro atoms. The largest absolute Gasteiger partial charge is 0.595 e. The second-order valence-electron chi connectivity index (χ2n) is 11.5. The van der Waals surface area contributed by atoms with Crippen molar-refractivity contribution in [2.75, 3.05) is 44.7 Å². The third-order valence-corrected chi connectivity index (χ3v) is 9.76. The Kier molecular flexibility index (Phi) is 6.39. The highest BCUT2D eigenvalue weighted by atomic mass is 16.8. The minimum atomic E-state index is -0.985. The summed E-state index contributed by atoms with van der Waals surface area (Å²) in [5, 5.41) is 31.4. The highest BCUT2D eigenvalue weighted by molar-refractivity contribution is 5.75. The Hall–Kier alpha value is -1.75. The molecule has 4 fully saturated rings. The number of benzene rings is 1. The average molecular weight is 490 g/mol. The molecule has 0 aromatic heterocycles. The number of hydrogen-bond acceptors (Lipinski definition) is 8. The Morgan fingerprint density at radius 2 is 1.83 bits per heavy atom. The van der Waals surface area contributed by atoms with Crippen LogP contribution in [0.3, 0.4) is 0 Å². The first-order valence-electron chi connectivity index (χ1n) is 12.9. The third kappa shape index (κ3) is 4.06. The Balaban J connectivity index is 1.25. The van der Waals surface area contributed by atoms with Crippen molar-refractivity contribution in [2.45, 2.75) is 63.3 Å². The number of rotatable bonds is 5. The van der Waals surface area contributed by atoms with Crippen LogP contribution in [0.2, 0.25) is 0 Å². The molecule has 7 atom stereocenters. The molecule has 9 heteroatoms. The predicted octanol–water partition coefficient (Wildman–Crippen LogP) is 1.49. The molecule has 2 saturated heterocycles. The number of ether oxygens (including phenoxy) is 2. The van der Waals surface area contributed by atoms with Gasteiger partial charge in [0, 0.05) is 69.0 Å². The van der Waals surface area contributed by atoms with Gasteiger partial charge in [0.25, 0.3) is 0 Å². The van der Waals surface area contributed by atoms with Crippen LogP contribution in [0.25, 0.3) is 0 Å². The molecule has 4 aliphatic rings. The van der Waals surface area contributed by atoms with Gasteiger partial charge in [0.05, 0.1) is 17.1 Å². The molecule has 1 aromatic carbocycles. The molecule has 2 aliphatic carbocycles. The number of nitrogens with zero attached hydrogens (tertiary/aromatic N) is 2. The molecule has 0 bridgehead atoms. The average Bonchev–Trinajstić information content (AvgIpc) is 3.12. The first-order chi connectivity index (χ1) is 16.6. The van der Waals surface area contributed by atoms with Crippen molar-refractivity contribution in [3.63, 3.8) is 0 Å². The van der Waals surface area contributed by atoms with E-state index in [1.165, 1.54) is 0 Å². The monoisotopic (exact) mass is 489 g/mol. The van der Waals surface area contributed by atoms with Gasteiger partial charge in [-0.1, -0.05) is 6.92 Å². The number of carbonyl (C=O) groups excluding carboxylic acids is 1. The Morgan fingerprint density at radius 1 is 1.14 bits per heavy atom. The zero-order chi connectivity index (χ0) is 25.0. The molecule has 0 amide bonds. The number of hydrogen-bond donors (Lipinski definition) is 3. The molecule has 5 rings (SSSR count). The maximum Gasteiger partial charge on any atom is 0.310 e. The van der Waals surface area contributed by atoms with Crippen molar-refractivity contribution in [3.05, 3.63) is 29.5 Å². The van der Waals surface area contributed by atoms with E-state index in [-0.39, 0.29) is 35.0 Å². The molecule has 2 heterocycles. The fourth-order valence-corrected chi connectivity index (χ4v) is 7.37. The van der Waals surface area contributed by atoms with Crippen molar-refractivity contribution < 1.29 is 29.8 Å². The van der Waals surface area contributed by atoms with Crippen LogP contribution < -0.4 is 10.1 Å². The normalized spacial score (nSPS) is 40.7. The van der Waals surface area contributed by atoms with Crippen molar-refractivity contribution in [3.8, 4) is 0 Å². The summed E-state index contributed by atoms with van der Waals surface area (Å²) in [5.74, 6) is -0.371. The summed E-state index contributed by atoms with van der Waals surface area (Å²) >= 11 is 0. The van der Waals surface area contributed by atoms with Gasteiger partial charge in [-0.2, -0.15) is 5.23 Å². The number of fused-ring (bicyclic) bond motifs is 2. The van der Waals surface area contributed by atoms with Crippen LogP contribution >= 0.6 is 0 Å². The highest BCUT2D eigenvalue weighted by Gasteiger charge is 2.67. The lowest BCUT2D eigenvalue weighted by Gasteiger charge is -2.62. The molecule has 9 nitrogen and oxygen atoms in total. The summed E-state index contributed by atoms with van der Waals surface area (Å²) < 4.78 is 11.9. The molecule has 2 aliphatic heterocycles. The summed E-state index contributed by atoms with van der Waals surface area (Å²) in [6.45, 7) is 8.07. The number of nitrogens with one attached hydrogen (secondary N) is 1. The maximum atomic E-state index is 13.0. The van der Waals surface area contributed by atoms with E-state index in [0.29, 0.717) is 19.4 Å². The highest BCUT2D eigenvalue weighted by Crippen LogP contribution is 2.61. The van der Waals surface area contributed by atoms with E-state index in [9.17, 15) is 15.1 Å². The number of methoxy groups -OCH3 is 1. The number of anilines is 1. The summed E-state index contributed by atoms with van der Waals surface area (Å²) in [5.41, 5.74) is -0.632. The van der Waals surface area contributed by atoms with Crippen LogP contribution in [0.1, 0.15) is 46.0 Å². The molecule has 1 aromatic rings. The first-order valence-corrected chi connectivity index (χ1v) is 12.9. The molecule has 2 saturated carbocycles. The SMILES string of the molecule is CO[C@]1(C)CCC[C@]2(C)C[C@H]3OC(=O)[C@@H](CN4CCN(c5ccc([NH+]([O-])O)cc5)CC4)[C@@H]3C[C@@]21O. The fraction of sp³-hybridized carbons (Fsp3) is 0.731.